The Hall–Kier alpha value is -4.26. The fourth-order valence-electron chi connectivity index (χ4n) is 3.92. The molecule has 7 nitrogen and oxygen atoms in total. The van der Waals surface area contributed by atoms with Crippen LogP contribution in [-0.4, -0.2) is 35.6 Å². The van der Waals surface area contributed by atoms with E-state index in [1.165, 1.54) is 24.1 Å². The van der Waals surface area contributed by atoms with Crippen molar-refractivity contribution in [3.63, 3.8) is 0 Å². The maximum absolute atomic E-state index is 13.2. The van der Waals surface area contributed by atoms with E-state index < -0.39 is 17.7 Å². The fraction of sp³-hybridized carbons (Fsp3) is 0.185. The van der Waals surface area contributed by atoms with Gasteiger partial charge in [-0.15, -0.1) is 0 Å². The molecule has 1 amide bonds. The molecule has 1 heterocycles. The van der Waals surface area contributed by atoms with Gasteiger partial charge in [-0.1, -0.05) is 31.2 Å². The number of carbonyl (C=O) groups is 2. The summed E-state index contributed by atoms with van der Waals surface area (Å²) >= 11 is 0. The highest BCUT2D eigenvalue weighted by molar-refractivity contribution is 6.51. The number of Topliss-reactive ketones (excluding diaryl/α,β-unsaturated/α-hetero) is 1. The Bertz CT molecular complexity index is 1230. The number of carbonyl (C=O) groups excluding carboxylic acids is 2. The third-order valence-corrected chi connectivity index (χ3v) is 5.58. The van der Waals surface area contributed by atoms with Gasteiger partial charge in [0.15, 0.2) is 0 Å². The van der Waals surface area contributed by atoms with Crippen molar-refractivity contribution in [2.75, 3.05) is 18.6 Å². The van der Waals surface area contributed by atoms with E-state index in [2.05, 4.69) is 0 Å². The Labute approximate surface area is 197 Å². The highest BCUT2D eigenvalue weighted by atomic mass is 16.5. The SMILES string of the molecule is CCCOc1cccc(/C(O)=C2/C(=O)C(=O)N(c3ccc(OC)cc3)C2c2ccc(O)cc2)c1. The van der Waals surface area contributed by atoms with Gasteiger partial charge < -0.3 is 19.7 Å². The number of ketones is 1. The molecule has 3 aromatic rings. The van der Waals surface area contributed by atoms with Gasteiger partial charge in [0.1, 0.15) is 23.0 Å². The minimum atomic E-state index is -0.894. The first-order chi connectivity index (χ1) is 16.4. The van der Waals surface area contributed by atoms with Crippen LogP contribution in [0.3, 0.4) is 0 Å². The zero-order chi connectivity index (χ0) is 24.2. The van der Waals surface area contributed by atoms with Crippen LogP contribution in [0.4, 0.5) is 5.69 Å². The van der Waals surface area contributed by atoms with Gasteiger partial charge in [-0.3, -0.25) is 14.5 Å². The Balaban J connectivity index is 1.87. The highest BCUT2D eigenvalue weighted by Crippen LogP contribution is 2.43. The van der Waals surface area contributed by atoms with Crippen molar-refractivity contribution in [2.45, 2.75) is 19.4 Å². The summed E-state index contributed by atoms with van der Waals surface area (Å²) in [6.45, 7) is 2.50. The third-order valence-electron chi connectivity index (χ3n) is 5.58. The average Bonchev–Trinajstić information content (AvgIpc) is 3.13. The van der Waals surface area contributed by atoms with Crippen molar-refractivity contribution in [1.29, 1.82) is 0 Å². The van der Waals surface area contributed by atoms with Gasteiger partial charge in [0.05, 0.1) is 25.3 Å². The molecule has 0 spiro atoms. The van der Waals surface area contributed by atoms with E-state index in [0.29, 0.717) is 34.9 Å². The largest absolute Gasteiger partial charge is 0.508 e. The van der Waals surface area contributed by atoms with E-state index in [1.807, 2.05) is 6.92 Å². The van der Waals surface area contributed by atoms with Gasteiger partial charge >= 0.3 is 0 Å². The van der Waals surface area contributed by atoms with Gasteiger partial charge in [-0.25, -0.2) is 0 Å². The van der Waals surface area contributed by atoms with Crippen LogP contribution in [0.2, 0.25) is 0 Å². The first kappa shape index (κ1) is 22.9. The zero-order valence-corrected chi connectivity index (χ0v) is 18.9. The van der Waals surface area contributed by atoms with Gasteiger partial charge in [-0.05, 0) is 60.5 Å². The number of ether oxygens (including phenoxy) is 2. The number of amides is 1. The van der Waals surface area contributed by atoms with Crippen molar-refractivity contribution in [3.05, 3.63) is 89.5 Å². The minimum Gasteiger partial charge on any atom is -0.508 e. The Morgan fingerprint density at radius 3 is 2.32 bits per heavy atom. The summed E-state index contributed by atoms with van der Waals surface area (Å²) in [4.78, 5) is 27.8. The number of anilines is 1. The number of rotatable bonds is 7. The smallest absolute Gasteiger partial charge is 0.300 e. The number of aromatic hydroxyl groups is 1. The van der Waals surface area contributed by atoms with Crippen LogP contribution in [0, 0.1) is 0 Å². The molecule has 7 heteroatoms. The van der Waals surface area contributed by atoms with E-state index in [1.54, 1.807) is 60.7 Å². The summed E-state index contributed by atoms with van der Waals surface area (Å²) in [6, 6.07) is 18.8. The third kappa shape index (κ3) is 4.32. The number of aliphatic hydroxyl groups is 1. The van der Waals surface area contributed by atoms with Gasteiger partial charge in [0.25, 0.3) is 11.7 Å². The summed E-state index contributed by atoms with van der Waals surface area (Å²) in [5.41, 5.74) is 1.36. The predicted molar refractivity (Wildman–Crippen MR) is 128 cm³/mol. The van der Waals surface area contributed by atoms with E-state index in [9.17, 15) is 19.8 Å². The van der Waals surface area contributed by atoms with Crippen LogP contribution in [-0.2, 0) is 9.59 Å². The number of hydrogen-bond donors (Lipinski definition) is 2. The van der Waals surface area contributed by atoms with Gasteiger partial charge in [0, 0.05) is 11.3 Å². The lowest BCUT2D eigenvalue weighted by Crippen LogP contribution is -2.29. The molecule has 0 radical (unpaired) electrons. The number of aliphatic hydroxyl groups excluding tert-OH is 1. The molecule has 34 heavy (non-hydrogen) atoms. The van der Waals surface area contributed by atoms with Gasteiger partial charge in [-0.2, -0.15) is 0 Å². The summed E-state index contributed by atoms with van der Waals surface area (Å²) < 4.78 is 10.9. The van der Waals surface area contributed by atoms with Crippen LogP contribution in [0.15, 0.2) is 78.4 Å². The lowest BCUT2D eigenvalue weighted by atomic mass is 9.95. The topological polar surface area (TPSA) is 96.3 Å². The molecule has 2 N–H and O–H groups in total. The van der Waals surface area contributed by atoms with E-state index in [0.717, 1.165) is 6.42 Å². The van der Waals surface area contributed by atoms with E-state index >= 15 is 0 Å². The van der Waals surface area contributed by atoms with Crippen molar-refractivity contribution in [1.82, 2.24) is 0 Å². The van der Waals surface area contributed by atoms with E-state index in [4.69, 9.17) is 9.47 Å². The molecule has 1 aliphatic rings. The average molecular weight is 459 g/mol. The highest BCUT2D eigenvalue weighted by Gasteiger charge is 2.47. The number of benzene rings is 3. The normalized spacial score (nSPS) is 17.1. The molecule has 0 saturated carbocycles. The van der Waals surface area contributed by atoms with Crippen molar-refractivity contribution >= 4 is 23.1 Å². The Morgan fingerprint density at radius 2 is 1.68 bits per heavy atom. The number of nitrogens with zero attached hydrogens (tertiary/aromatic N) is 1. The second kappa shape index (κ2) is 9.70. The summed E-state index contributed by atoms with van der Waals surface area (Å²) in [7, 11) is 1.54. The molecule has 3 aromatic carbocycles. The molecular weight excluding hydrogens is 434 g/mol. The minimum absolute atomic E-state index is 0.0425. The first-order valence-corrected chi connectivity index (χ1v) is 10.9. The van der Waals surface area contributed by atoms with Crippen LogP contribution in [0.1, 0.15) is 30.5 Å². The molecule has 174 valence electrons. The molecule has 0 aliphatic carbocycles. The zero-order valence-electron chi connectivity index (χ0n) is 18.9. The molecule has 1 aliphatic heterocycles. The van der Waals surface area contributed by atoms with E-state index in [-0.39, 0.29) is 17.1 Å². The van der Waals surface area contributed by atoms with Gasteiger partial charge in [0.2, 0.25) is 0 Å². The molecular formula is C27H25NO6. The second-order valence-corrected chi connectivity index (χ2v) is 7.83. The molecule has 0 bridgehead atoms. The standard InChI is InChI=1S/C27H25NO6/c1-3-15-34-22-6-4-5-18(16-22)25(30)23-24(17-7-11-20(29)12-8-17)28(27(32)26(23)31)19-9-13-21(33-2)14-10-19/h4-14,16,24,29-30H,3,15H2,1-2H3/b25-23-. The fourth-order valence-corrected chi connectivity index (χ4v) is 3.92. The van der Waals surface area contributed by atoms with Crippen LogP contribution >= 0.6 is 0 Å². The number of methoxy groups -OCH3 is 1. The molecule has 1 saturated heterocycles. The van der Waals surface area contributed by atoms with Crippen molar-refractivity contribution in [3.8, 4) is 17.2 Å². The monoisotopic (exact) mass is 459 g/mol. The summed E-state index contributed by atoms with van der Waals surface area (Å²) in [5.74, 6) is -0.656. The van der Waals surface area contributed by atoms with Crippen LogP contribution < -0.4 is 14.4 Å². The Morgan fingerprint density at radius 1 is 0.971 bits per heavy atom. The predicted octanol–water partition coefficient (Wildman–Crippen LogP) is 4.82. The van der Waals surface area contributed by atoms with Crippen molar-refractivity contribution in [2.24, 2.45) is 0 Å². The number of hydrogen-bond acceptors (Lipinski definition) is 6. The molecule has 1 unspecified atom stereocenters. The quantitative estimate of drug-likeness (QED) is 0.299. The molecule has 0 aromatic heterocycles. The van der Waals surface area contributed by atoms with Crippen LogP contribution in [0.5, 0.6) is 17.2 Å². The molecule has 1 atom stereocenters. The maximum atomic E-state index is 13.2. The molecule has 4 rings (SSSR count). The number of phenolic OH excluding ortho intramolecular Hbond substituents is 1. The second-order valence-electron chi connectivity index (χ2n) is 7.83. The lowest BCUT2D eigenvalue weighted by molar-refractivity contribution is -0.132. The first-order valence-electron chi connectivity index (χ1n) is 10.9. The number of phenols is 1. The molecule has 1 fully saturated rings. The summed E-state index contributed by atoms with van der Waals surface area (Å²) in [6.07, 6.45) is 0.823. The van der Waals surface area contributed by atoms with Crippen molar-refractivity contribution < 1.29 is 29.3 Å². The van der Waals surface area contributed by atoms with Crippen LogP contribution in [0.25, 0.3) is 5.76 Å². The maximum Gasteiger partial charge on any atom is 0.300 e. The Kier molecular flexibility index (Phi) is 6.54. The lowest BCUT2D eigenvalue weighted by Gasteiger charge is -2.25. The summed E-state index contributed by atoms with van der Waals surface area (Å²) in [5, 5.41) is 21.0.